The van der Waals surface area contributed by atoms with Crippen molar-refractivity contribution in [3.8, 4) is 5.75 Å². The van der Waals surface area contributed by atoms with E-state index < -0.39 is 0 Å². The molecule has 0 saturated heterocycles. The highest BCUT2D eigenvalue weighted by Gasteiger charge is 2.08. The van der Waals surface area contributed by atoms with Gasteiger partial charge in [0.2, 0.25) is 5.91 Å². The molecule has 82 valence electrons. The number of phenols is 1. The molecule has 0 saturated carbocycles. The third kappa shape index (κ3) is 3.59. The van der Waals surface area contributed by atoms with Gasteiger partial charge in [0.15, 0.2) is 0 Å². The van der Waals surface area contributed by atoms with Crippen LogP contribution in [-0.2, 0) is 4.79 Å². The molecule has 0 fully saturated rings. The highest BCUT2D eigenvalue weighted by Crippen LogP contribution is 2.22. The van der Waals surface area contributed by atoms with Gasteiger partial charge in [-0.3, -0.25) is 4.79 Å². The van der Waals surface area contributed by atoms with Crippen molar-refractivity contribution >= 4 is 5.91 Å². The minimum Gasteiger partial charge on any atom is -0.508 e. The number of aromatic hydroxyl groups is 1. The molecule has 1 unspecified atom stereocenters. The average Bonchev–Trinajstić information content (AvgIpc) is 2.17. The number of phenolic OH excluding ortho intramolecular Hbond substituents is 1. The van der Waals surface area contributed by atoms with Gasteiger partial charge < -0.3 is 16.2 Å². The number of carbonyl (C=O) groups excluding carboxylic acids is 1. The van der Waals surface area contributed by atoms with E-state index in [9.17, 15) is 9.90 Å². The molecule has 1 aromatic carbocycles. The summed E-state index contributed by atoms with van der Waals surface area (Å²) < 4.78 is 0. The fourth-order valence-electron chi connectivity index (χ4n) is 1.38. The second kappa shape index (κ2) is 5.36. The van der Waals surface area contributed by atoms with Crippen molar-refractivity contribution in [3.05, 3.63) is 29.8 Å². The lowest BCUT2D eigenvalue weighted by Gasteiger charge is -2.14. The average molecular weight is 208 g/mol. The maximum Gasteiger partial charge on any atom is 0.218 e. The molecule has 0 aliphatic heterocycles. The fourth-order valence-corrected chi connectivity index (χ4v) is 1.38. The molecule has 1 amide bonds. The van der Waals surface area contributed by atoms with Crippen molar-refractivity contribution in [2.24, 2.45) is 5.73 Å². The van der Waals surface area contributed by atoms with Gasteiger partial charge in [-0.05, 0) is 13.0 Å². The lowest BCUT2D eigenvalue weighted by atomic mass is 10.1. The smallest absolute Gasteiger partial charge is 0.218 e. The van der Waals surface area contributed by atoms with Crippen LogP contribution in [-0.4, -0.2) is 17.6 Å². The molecule has 1 atom stereocenters. The molecule has 0 spiro atoms. The number of rotatable bonds is 5. The standard InChI is InChI=1S/C11H16N2O2/c1-8(13-7-6-11(12)15)9-4-2-3-5-10(9)14/h2-5,8,13-14H,6-7H2,1H3,(H2,12,15). The Hall–Kier alpha value is -1.55. The normalized spacial score (nSPS) is 12.3. The molecule has 0 aliphatic rings. The third-order valence-corrected chi connectivity index (χ3v) is 2.23. The first kappa shape index (κ1) is 11.5. The van der Waals surface area contributed by atoms with Crippen molar-refractivity contribution in [2.45, 2.75) is 19.4 Å². The Morgan fingerprint density at radius 2 is 2.20 bits per heavy atom. The quantitative estimate of drug-likeness (QED) is 0.673. The lowest BCUT2D eigenvalue weighted by molar-refractivity contribution is -0.117. The predicted molar refractivity (Wildman–Crippen MR) is 58.3 cm³/mol. The number of hydrogen-bond donors (Lipinski definition) is 3. The van der Waals surface area contributed by atoms with Gasteiger partial charge in [-0.15, -0.1) is 0 Å². The third-order valence-electron chi connectivity index (χ3n) is 2.23. The molecule has 0 heterocycles. The van der Waals surface area contributed by atoms with Gasteiger partial charge in [-0.2, -0.15) is 0 Å². The summed E-state index contributed by atoms with van der Waals surface area (Å²) in [5.74, 6) is -0.0661. The number of carbonyl (C=O) groups is 1. The summed E-state index contributed by atoms with van der Waals surface area (Å²) in [4.78, 5) is 10.5. The van der Waals surface area contributed by atoms with Crippen LogP contribution in [0, 0.1) is 0 Å². The summed E-state index contributed by atoms with van der Waals surface area (Å²) in [7, 11) is 0. The fraction of sp³-hybridized carbons (Fsp3) is 0.364. The van der Waals surface area contributed by atoms with Crippen molar-refractivity contribution in [2.75, 3.05) is 6.54 Å². The van der Waals surface area contributed by atoms with E-state index in [1.54, 1.807) is 12.1 Å². The lowest BCUT2D eigenvalue weighted by Crippen LogP contribution is -2.24. The number of primary amides is 1. The van der Waals surface area contributed by atoms with E-state index in [1.165, 1.54) is 0 Å². The van der Waals surface area contributed by atoms with Crippen LogP contribution in [0.15, 0.2) is 24.3 Å². The van der Waals surface area contributed by atoms with E-state index in [2.05, 4.69) is 5.32 Å². The van der Waals surface area contributed by atoms with Gasteiger partial charge in [0.1, 0.15) is 5.75 Å². The molecule has 15 heavy (non-hydrogen) atoms. The highest BCUT2D eigenvalue weighted by atomic mass is 16.3. The summed E-state index contributed by atoms with van der Waals surface area (Å²) in [6, 6.07) is 7.13. The second-order valence-electron chi connectivity index (χ2n) is 3.45. The van der Waals surface area contributed by atoms with Gasteiger partial charge in [0.25, 0.3) is 0 Å². The van der Waals surface area contributed by atoms with E-state index in [4.69, 9.17) is 5.73 Å². The van der Waals surface area contributed by atoms with Crippen molar-refractivity contribution in [3.63, 3.8) is 0 Å². The molecule has 0 radical (unpaired) electrons. The zero-order valence-electron chi connectivity index (χ0n) is 8.73. The maximum absolute atomic E-state index is 10.5. The van der Waals surface area contributed by atoms with E-state index in [0.717, 1.165) is 5.56 Å². The molecule has 4 N–H and O–H groups in total. The Morgan fingerprint density at radius 3 is 2.80 bits per heavy atom. The Kier molecular flexibility index (Phi) is 4.12. The monoisotopic (exact) mass is 208 g/mol. The molecule has 0 aromatic heterocycles. The molecule has 1 rings (SSSR count). The van der Waals surface area contributed by atoms with Crippen LogP contribution < -0.4 is 11.1 Å². The number of nitrogens with one attached hydrogen (secondary N) is 1. The Labute approximate surface area is 89.1 Å². The summed E-state index contributed by atoms with van der Waals surface area (Å²) in [5.41, 5.74) is 5.84. The molecular weight excluding hydrogens is 192 g/mol. The van der Waals surface area contributed by atoms with Gasteiger partial charge in [-0.1, -0.05) is 18.2 Å². The zero-order chi connectivity index (χ0) is 11.3. The van der Waals surface area contributed by atoms with Crippen LogP contribution in [0.2, 0.25) is 0 Å². The van der Waals surface area contributed by atoms with Crippen LogP contribution in [0.1, 0.15) is 24.9 Å². The van der Waals surface area contributed by atoms with Crippen LogP contribution >= 0.6 is 0 Å². The summed E-state index contributed by atoms with van der Waals surface area (Å²) in [6.07, 6.45) is 0.304. The Morgan fingerprint density at radius 1 is 1.53 bits per heavy atom. The second-order valence-corrected chi connectivity index (χ2v) is 3.45. The predicted octanol–water partition coefficient (Wildman–Crippen LogP) is 0.918. The van der Waals surface area contributed by atoms with Gasteiger partial charge >= 0.3 is 0 Å². The topological polar surface area (TPSA) is 75.3 Å². The van der Waals surface area contributed by atoms with Gasteiger partial charge in [0, 0.05) is 24.6 Å². The Balaban J connectivity index is 2.50. The van der Waals surface area contributed by atoms with Crippen LogP contribution in [0.25, 0.3) is 0 Å². The minimum absolute atomic E-state index is 0.00514. The van der Waals surface area contributed by atoms with Gasteiger partial charge in [0.05, 0.1) is 0 Å². The molecule has 1 aromatic rings. The number of hydrogen-bond acceptors (Lipinski definition) is 3. The van der Waals surface area contributed by atoms with E-state index in [1.807, 2.05) is 19.1 Å². The number of amides is 1. The molecule has 0 bridgehead atoms. The summed E-state index contributed by atoms with van der Waals surface area (Å²) >= 11 is 0. The number of nitrogens with two attached hydrogens (primary N) is 1. The molecule has 4 nitrogen and oxygen atoms in total. The molecule has 4 heteroatoms. The summed E-state index contributed by atoms with van der Waals surface area (Å²) in [6.45, 7) is 2.45. The van der Waals surface area contributed by atoms with E-state index in [0.29, 0.717) is 13.0 Å². The highest BCUT2D eigenvalue weighted by molar-refractivity contribution is 5.73. The number of para-hydroxylation sites is 1. The van der Waals surface area contributed by atoms with E-state index in [-0.39, 0.29) is 17.7 Å². The van der Waals surface area contributed by atoms with Crippen molar-refractivity contribution < 1.29 is 9.90 Å². The maximum atomic E-state index is 10.5. The first-order valence-electron chi connectivity index (χ1n) is 4.91. The largest absolute Gasteiger partial charge is 0.508 e. The summed E-state index contributed by atoms with van der Waals surface area (Å²) in [5, 5.41) is 12.7. The SMILES string of the molecule is CC(NCCC(N)=O)c1ccccc1O. The van der Waals surface area contributed by atoms with Crippen LogP contribution in [0.3, 0.4) is 0 Å². The first-order valence-corrected chi connectivity index (χ1v) is 4.91. The van der Waals surface area contributed by atoms with Crippen LogP contribution in [0.4, 0.5) is 0 Å². The number of benzene rings is 1. The molecular formula is C11H16N2O2. The molecule has 0 aliphatic carbocycles. The van der Waals surface area contributed by atoms with Crippen molar-refractivity contribution in [1.82, 2.24) is 5.32 Å². The first-order chi connectivity index (χ1) is 7.11. The minimum atomic E-state index is -0.327. The van der Waals surface area contributed by atoms with Crippen molar-refractivity contribution in [1.29, 1.82) is 0 Å². The van der Waals surface area contributed by atoms with Crippen LogP contribution in [0.5, 0.6) is 5.75 Å². The van der Waals surface area contributed by atoms with E-state index >= 15 is 0 Å². The van der Waals surface area contributed by atoms with Gasteiger partial charge in [-0.25, -0.2) is 0 Å². The Bertz CT molecular complexity index is 339. The zero-order valence-corrected chi connectivity index (χ0v) is 8.73.